The highest BCUT2D eigenvalue weighted by Crippen LogP contribution is 2.13. The van der Waals surface area contributed by atoms with E-state index in [0.29, 0.717) is 11.1 Å². The third-order valence-corrected chi connectivity index (χ3v) is 2.47. The number of rotatable bonds is 4. The van der Waals surface area contributed by atoms with Gasteiger partial charge in [-0.25, -0.2) is 14.3 Å². The Bertz CT molecular complexity index is 620. The van der Waals surface area contributed by atoms with Crippen molar-refractivity contribution in [1.82, 2.24) is 15.0 Å². The number of ether oxygens (including phenoxy) is 2. The van der Waals surface area contributed by atoms with Crippen molar-refractivity contribution in [3.63, 3.8) is 0 Å². The molecule has 0 atom stereocenters. The molecule has 0 N–H and O–H groups in total. The molecule has 0 aliphatic rings. The van der Waals surface area contributed by atoms with Crippen molar-refractivity contribution in [1.29, 1.82) is 0 Å². The molecule has 0 spiro atoms. The highest BCUT2D eigenvalue weighted by molar-refractivity contribution is 5.94. The van der Waals surface area contributed by atoms with E-state index in [0.717, 1.165) is 5.52 Å². The molecule has 1 aromatic carbocycles. The second-order valence-electron chi connectivity index (χ2n) is 3.80. The van der Waals surface area contributed by atoms with Crippen molar-refractivity contribution in [3.05, 3.63) is 23.8 Å². The van der Waals surface area contributed by atoms with E-state index in [1.54, 1.807) is 36.9 Å². The lowest BCUT2D eigenvalue weighted by molar-refractivity contribution is -0.146. The molecular formula is C12H13N3O4. The van der Waals surface area contributed by atoms with Gasteiger partial charge in [0, 0.05) is 7.05 Å². The number of carbonyl (C=O) groups excluding carboxylic acids is 2. The Morgan fingerprint density at radius 2 is 2.11 bits per heavy atom. The topological polar surface area (TPSA) is 83.3 Å². The van der Waals surface area contributed by atoms with E-state index in [4.69, 9.17) is 4.74 Å². The molecule has 0 amide bonds. The van der Waals surface area contributed by atoms with Crippen molar-refractivity contribution in [2.24, 2.45) is 7.05 Å². The molecule has 0 unspecified atom stereocenters. The van der Waals surface area contributed by atoms with Crippen molar-refractivity contribution in [2.45, 2.75) is 6.92 Å². The van der Waals surface area contributed by atoms with Crippen LogP contribution in [0.2, 0.25) is 0 Å². The predicted molar refractivity (Wildman–Crippen MR) is 65.4 cm³/mol. The number of esters is 2. The zero-order valence-corrected chi connectivity index (χ0v) is 10.6. The molecule has 1 heterocycles. The van der Waals surface area contributed by atoms with Gasteiger partial charge in [0.2, 0.25) is 0 Å². The zero-order chi connectivity index (χ0) is 13.8. The van der Waals surface area contributed by atoms with E-state index in [-0.39, 0.29) is 6.61 Å². The van der Waals surface area contributed by atoms with E-state index in [9.17, 15) is 9.59 Å². The Balaban J connectivity index is 2.07. The van der Waals surface area contributed by atoms with Gasteiger partial charge in [-0.05, 0) is 25.1 Å². The first-order valence-electron chi connectivity index (χ1n) is 5.74. The predicted octanol–water partition coefficient (Wildman–Crippen LogP) is 0.688. The number of hydrogen-bond donors (Lipinski definition) is 0. The number of fused-ring (bicyclic) bond motifs is 1. The SMILES string of the molecule is CCOC(=O)COC(=O)c1ccc2c(c1)nnn2C. The molecule has 0 saturated heterocycles. The highest BCUT2D eigenvalue weighted by atomic mass is 16.6. The molecule has 19 heavy (non-hydrogen) atoms. The van der Waals surface area contributed by atoms with Crippen LogP contribution < -0.4 is 0 Å². The fourth-order valence-corrected chi connectivity index (χ4v) is 1.58. The van der Waals surface area contributed by atoms with E-state index in [1.165, 1.54) is 0 Å². The molecule has 1 aromatic heterocycles. The van der Waals surface area contributed by atoms with Crippen LogP contribution in [0, 0.1) is 0 Å². The number of nitrogens with zero attached hydrogens (tertiary/aromatic N) is 3. The lowest BCUT2D eigenvalue weighted by Crippen LogP contribution is -2.16. The molecule has 0 aliphatic carbocycles. The van der Waals surface area contributed by atoms with Crippen LogP contribution >= 0.6 is 0 Å². The monoisotopic (exact) mass is 263 g/mol. The Kier molecular flexibility index (Phi) is 3.74. The van der Waals surface area contributed by atoms with Crippen LogP contribution in [0.4, 0.5) is 0 Å². The summed E-state index contributed by atoms with van der Waals surface area (Å²) in [6.07, 6.45) is 0. The number of benzene rings is 1. The van der Waals surface area contributed by atoms with Crippen molar-refractivity contribution < 1.29 is 19.1 Å². The van der Waals surface area contributed by atoms with Crippen LogP contribution in [-0.2, 0) is 21.3 Å². The zero-order valence-electron chi connectivity index (χ0n) is 10.6. The molecular weight excluding hydrogens is 250 g/mol. The highest BCUT2D eigenvalue weighted by Gasteiger charge is 2.12. The van der Waals surface area contributed by atoms with E-state index < -0.39 is 18.5 Å². The summed E-state index contributed by atoms with van der Waals surface area (Å²) in [5, 5.41) is 7.73. The Hall–Kier alpha value is -2.44. The fourth-order valence-electron chi connectivity index (χ4n) is 1.58. The minimum absolute atomic E-state index is 0.252. The number of carbonyl (C=O) groups is 2. The van der Waals surface area contributed by atoms with Gasteiger partial charge in [-0.2, -0.15) is 0 Å². The summed E-state index contributed by atoms with van der Waals surface area (Å²) in [5.41, 5.74) is 1.72. The number of hydrogen-bond acceptors (Lipinski definition) is 6. The van der Waals surface area contributed by atoms with Crippen LogP contribution in [-0.4, -0.2) is 40.1 Å². The lowest BCUT2D eigenvalue weighted by Gasteiger charge is -2.04. The maximum atomic E-state index is 11.7. The van der Waals surface area contributed by atoms with Crippen molar-refractivity contribution in [3.8, 4) is 0 Å². The summed E-state index contributed by atoms with van der Waals surface area (Å²) in [6, 6.07) is 4.88. The Labute approximate surface area is 109 Å². The average Bonchev–Trinajstić information content (AvgIpc) is 2.77. The maximum Gasteiger partial charge on any atom is 0.344 e. The van der Waals surface area contributed by atoms with Crippen LogP contribution in [0.15, 0.2) is 18.2 Å². The molecule has 7 heteroatoms. The van der Waals surface area contributed by atoms with Gasteiger partial charge in [-0.1, -0.05) is 5.21 Å². The minimum Gasteiger partial charge on any atom is -0.463 e. The lowest BCUT2D eigenvalue weighted by atomic mass is 10.2. The summed E-state index contributed by atoms with van der Waals surface area (Å²) in [4.78, 5) is 22.8. The molecule has 0 fully saturated rings. The van der Waals surface area contributed by atoms with Crippen LogP contribution in [0.3, 0.4) is 0 Å². The summed E-state index contributed by atoms with van der Waals surface area (Å²) in [6.45, 7) is 1.54. The average molecular weight is 263 g/mol. The summed E-state index contributed by atoms with van der Waals surface area (Å²) < 4.78 is 11.1. The second kappa shape index (κ2) is 5.47. The number of aryl methyl sites for hydroxylation is 1. The minimum atomic E-state index is -0.597. The van der Waals surface area contributed by atoms with Gasteiger partial charge in [-0.15, -0.1) is 5.10 Å². The van der Waals surface area contributed by atoms with E-state index >= 15 is 0 Å². The van der Waals surface area contributed by atoms with Crippen LogP contribution in [0.5, 0.6) is 0 Å². The normalized spacial score (nSPS) is 10.4. The van der Waals surface area contributed by atoms with Crippen molar-refractivity contribution >= 4 is 23.0 Å². The van der Waals surface area contributed by atoms with Gasteiger partial charge in [0.25, 0.3) is 0 Å². The van der Waals surface area contributed by atoms with Crippen molar-refractivity contribution in [2.75, 3.05) is 13.2 Å². The molecule has 7 nitrogen and oxygen atoms in total. The van der Waals surface area contributed by atoms with Gasteiger partial charge in [-0.3, -0.25) is 0 Å². The number of aromatic nitrogens is 3. The largest absolute Gasteiger partial charge is 0.463 e. The molecule has 0 radical (unpaired) electrons. The molecule has 2 rings (SSSR count). The quantitative estimate of drug-likeness (QED) is 0.754. The van der Waals surface area contributed by atoms with E-state index in [1.807, 2.05) is 0 Å². The van der Waals surface area contributed by atoms with Gasteiger partial charge in [0.1, 0.15) is 5.52 Å². The van der Waals surface area contributed by atoms with Crippen LogP contribution in [0.25, 0.3) is 11.0 Å². The first-order valence-corrected chi connectivity index (χ1v) is 5.74. The molecule has 0 saturated carbocycles. The smallest absolute Gasteiger partial charge is 0.344 e. The fraction of sp³-hybridized carbons (Fsp3) is 0.333. The first kappa shape index (κ1) is 13.0. The molecule has 2 aromatic rings. The van der Waals surface area contributed by atoms with Crippen LogP contribution in [0.1, 0.15) is 17.3 Å². The Morgan fingerprint density at radius 3 is 2.84 bits per heavy atom. The Morgan fingerprint density at radius 1 is 1.32 bits per heavy atom. The molecule has 0 aliphatic heterocycles. The first-order chi connectivity index (χ1) is 9.11. The summed E-state index contributed by atoms with van der Waals surface area (Å²) >= 11 is 0. The summed E-state index contributed by atoms with van der Waals surface area (Å²) in [7, 11) is 1.76. The van der Waals surface area contributed by atoms with Gasteiger partial charge >= 0.3 is 11.9 Å². The maximum absolute atomic E-state index is 11.7. The van der Waals surface area contributed by atoms with E-state index in [2.05, 4.69) is 15.0 Å². The third-order valence-electron chi connectivity index (χ3n) is 2.47. The standard InChI is InChI=1S/C12H13N3O4/c1-3-18-11(16)7-19-12(17)8-4-5-10-9(6-8)13-14-15(10)2/h4-6H,3,7H2,1-2H3. The molecule has 0 bridgehead atoms. The van der Waals surface area contributed by atoms with Gasteiger partial charge < -0.3 is 9.47 Å². The summed E-state index contributed by atoms with van der Waals surface area (Å²) in [5.74, 6) is -1.17. The van der Waals surface area contributed by atoms with Gasteiger partial charge in [0.05, 0.1) is 17.7 Å². The molecule has 100 valence electrons. The van der Waals surface area contributed by atoms with Gasteiger partial charge in [0.15, 0.2) is 6.61 Å². The third kappa shape index (κ3) is 2.87. The second-order valence-corrected chi connectivity index (χ2v) is 3.80.